The van der Waals surface area contributed by atoms with Gasteiger partial charge in [0.25, 0.3) is 0 Å². The molecule has 3 nitrogen and oxygen atoms in total. The second kappa shape index (κ2) is 5.65. The predicted octanol–water partition coefficient (Wildman–Crippen LogP) is 2.92. The van der Waals surface area contributed by atoms with Crippen molar-refractivity contribution in [3.63, 3.8) is 0 Å². The van der Waals surface area contributed by atoms with Gasteiger partial charge in [0.05, 0.1) is 0 Å². The van der Waals surface area contributed by atoms with E-state index in [1.54, 1.807) is 12.3 Å². The van der Waals surface area contributed by atoms with Gasteiger partial charge in [-0.1, -0.05) is 26.1 Å². The number of thiocarbonyl (C=S) groups is 1. The van der Waals surface area contributed by atoms with E-state index in [0.717, 1.165) is 24.3 Å². The van der Waals surface area contributed by atoms with Gasteiger partial charge in [0.1, 0.15) is 11.1 Å². The highest BCUT2D eigenvalue weighted by molar-refractivity contribution is 7.80. The van der Waals surface area contributed by atoms with Crippen LogP contribution in [0.25, 0.3) is 0 Å². The number of rotatable bonds is 3. The van der Waals surface area contributed by atoms with E-state index < -0.39 is 0 Å². The maximum absolute atomic E-state index is 5.94. The van der Waals surface area contributed by atoms with Crippen molar-refractivity contribution in [2.75, 3.05) is 0 Å². The van der Waals surface area contributed by atoms with E-state index in [9.17, 15) is 0 Å². The zero-order valence-corrected chi connectivity index (χ0v) is 11.7. The Morgan fingerprint density at radius 2 is 2.17 bits per heavy atom. The summed E-state index contributed by atoms with van der Waals surface area (Å²) < 4.78 is 5.94. The van der Waals surface area contributed by atoms with E-state index in [2.05, 4.69) is 18.8 Å². The molecular weight excluding hydrogens is 244 g/mol. The third-order valence-electron chi connectivity index (χ3n) is 3.86. The quantitative estimate of drug-likeness (QED) is 0.853. The van der Waals surface area contributed by atoms with E-state index in [1.165, 1.54) is 6.42 Å². The van der Waals surface area contributed by atoms with E-state index in [0.29, 0.717) is 16.8 Å². The number of ether oxygens (including phenoxy) is 1. The lowest BCUT2D eigenvalue weighted by Crippen LogP contribution is -2.29. The van der Waals surface area contributed by atoms with Crippen molar-refractivity contribution in [1.29, 1.82) is 0 Å². The summed E-state index contributed by atoms with van der Waals surface area (Å²) >= 11 is 4.95. The third kappa shape index (κ3) is 3.19. The van der Waals surface area contributed by atoms with Crippen molar-refractivity contribution in [3.05, 3.63) is 23.9 Å². The summed E-state index contributed by atoms with van der Waals surface area (Å²) in [5.74, 6) is 2.13. The molecule has 1 saturated carbocycles. The van der Waals surface area contributed by atoms with Gasteiger partial charge in [-0.25, -0.2) is 4.98 Å². The van der Waals surface area contributed by atoms with Gasteiger partial charge in [0.2, 0.25) is 5.88 Å². The van der Waals surface area contributed by atoms with E-state index in [-0.39, 0.29) is 6.10 Å². The van der Waals surface area contributed by atoms with Crippen LogP contribution >= 0.6 is 12.2 Å². The lowest BCUT2D eigenvalue weighted by molar-refractivity contribution is 0.0964. The Balaban J connectivity index is 2.01. The number of hydrogen-bond acceptors (Lipinski definition) is 3. The molecule has 1 aromatic rings. The predicted molar refractivity (Wildman–Crippen MR) is 76.7 cm³/mol. The van der Waals surface area contributed by atoms with Crippen molar-refractivity contribution in [2.24, 2.45) is 17.6 Å². The highest BCUT2D eigenvalue weighted by Gasteiger charge is 2.25. The minimum Gasteiger partial charge on any atom is -0.474 e. The van der Waals surface area contributed by atoms with Gasteiger partial charge in [-0.05, 0) is 37.2 Å². The first kappa shape index (κ1) is 13.3. The highest BCUT2D eigenvalue weighted by atomic mass is 32.1. The average molecular weight is 264 g/mol. The Bertz CT molecular complexity index is 436. The number of aromatic nitrogens is 1. The minimum absolute atomic E-state index is 0.269. The van der Waals surface area contributed by atoms with Crippen LogP contribution in [-0.4, -0.2) is 16.1 Å². The van der Waals surface area contributed by atoms with Crippen LogP contribution in [0.3, 0.4) is 0 Å². The first-order valence-electron chi connectivity index (χ1n) is 6.48. The van der Waals surface area contributed by atoms with Crippen molar-refractivity contribution >= 4 is 17.2 Å². The van der Waals surface area contributed by atoms with Crippen molar-refractivity contribution in [1.82, 2.24) is 4.98 Å². The minimum atomic E-state index is 0.269. The van der Waals surface area contributed by atoms with Crippen LogP contribution in [-0.2, 0) is 0 Å². The average Bonchev–Trinajstić information content (AvgIpc) is 2.34. The Morgan fingerprint density at radius 3 is 2.83 bits per heavy atom. The number of pyridine rings is 1. The Labute approximate surface area is 114 Å². The Kier molecular flexibility index (Phi) is 4.17. The summed E-state index contributed by atoms with van der Waals surface area (Å²) in [6, 6.07) is 3.63. The molecule has 1 aliphatic carbocycles. The molecule has 0 radical (unpaired) electrons. The fourth-order valence-corrected chi connectivity index (χ4v) is 2.53. The van der Waals surface area contributed by atoms with Gasteiger partial charge in [0.15, 0.2) is 0 Å². The van der Waals surface area contributed by atoms with Crippen LogP contribution in [0.2, 0.25) is 0 Å². The standard InChI is InChI=1S/C14H20N2OS/c1-9-3-4-12(7-10(9)2)17-13-8-11(14(15)18)5-6-16-13/h5-6,8-10,12H,3-4,7H2,1-2H3,(H2,15,18). The van der Waals surface area contributed by atoms with Crippen LogP contribution in [0.5, 0.6) is 5.88 Å². The van der Waals surface area contributed by atoms with Gasteiger partial charge >= 0.3 is 0 Å². The van der Waals surface area contributed by atoms with E-state index in [4.69, 9.17) is 22.7 Å². The maximum atomic E-state index is 5.94. The molecule has 1 heterocycles. The monoisotopic (exact) mass is 264 g/mol. The molecule has 0 spiro atoms. The fourth-order valence-electron chi connectivity index (χ4n) is 2.40. The molecule has 1 aromatic heterocycles. The van der Waals surface area contributed by atoms with Crippen LogP contribution < -0.4 is 10.5 Å². The Hall–Kier alpha value is -1.16. The van der Waals surface area contributed by atoms with Gasteiger partial charge in [-0.15, -0.1) is 0 Å². The molecule has 1 fully saturated rings. The Morgan fingerprint density at radius 1 is 1.39 bits per heavy atom. The molecule has 3 atom stereocenters. The van der Waals surface area contributed by atoms with Crippen LogP contribution in [0.15, 0.2) is 18.3 Å². The van der Waals surface area contributed by atoms with E-state index in [1.807, 2.05) is 6.07 Å². The zero-order valence-electron chi connectivity index (χ0n) is 10.9. The summed E-state index contributed by atoms with van der Waals surface area (Å²) in [5.41, 5.74) is 6.42. The molecule has 0 bridgehead atoms. The first-order valence-corrected chi connectivity index (χ1v) is 6.89. The van der Waals surface area contributed by atoms with Crippen molar-refractivity contribution in [2.45, 2.75) is 39.2 Å². The SMILES string of the molecule is CC1CCC(Oc2cc(C(N)=S)ccn2)CC1C. The first-order chi connectivity index (χ1) is 8.56. The number of hydrogen-bond donors (Lipinski definition) is 1. The molecule has 0 aromatic carbocycles. The largest absolute Gasteiger partial charge is 0.474 e. The zero-order chi connectivity index (χ0) is 13.1. The smallest absolute Gasteiger partial charge is 0.214 e. The molecule has 18 heavy (non-hydrogen) atoms. The fraction of sp³-hybridized carbons (Fsp3) is 0.571. The molecule has 0 saturated heterocycles. The third-order valence-corrected chi connectivity index (χ3v) is 4.09. The normalized spacial score (nSPS) is 27.8. The summed E-state index contributed by atoms with van der Waals surface area (Å²) in [6.07, 6.45) is 5.38. The number of nitrogens with zero attached hydrogens (tertiary/aromatic N) is 1. The molecule has 2 rings (SSSR count). The maximum Gasteiger partial charge on any atom is 0.214 e. The summed E-state index contributed by atoms with van der Waals surface area (Å²) in [4.78, 5) is 4.60. The molecule has 98 valence electrons. The molecular formula is C14H20N2OS. The number of nitrogens with two attached hydrogens (primary N) is 1. The summed E-state index contributed by atoms with van der Waals surface area (Å²) in [5, 5.41) is 0. The topological polar surface area (TPSA) is 48.1 Å². The lowest BCUT2D eigenvalue weighted by Gasteiger charge is -2.31. The molecule has 0 amide bonds. The van der Waals surface area contributed by atoms with Gasteiger partial charge in [-0.3, -0.25) is 0 Å². The van der Waals surface area contributed by atoms with Crippen molar-refractivity contribution < 1.29 is 4.74 Å². The molecule has 1 aliphatic rings. The second-order valence-electron chi connectivity index (χ2n) is 5.25. The van der Waals surface area contributed by atoms with Crippen molar-refractivity contribution in [3.8, 4) is 5.88 Å². The molecule has 0 aliphatic heterocycles. The summed E-state index contributed by atoms with van der Waals surface area (Å²) in [7, 11) is 0. The van der Waals surface area contributed by atoms with Gasteiger partial charge < -0.3 is 10.5 Å². The molecule has 2 N–H and O–H groups in total. The van der Waals surface area contributed by atoms with Crippen LogP contribution in [0.1, 0.15) is 38.7 Å². The molecule has 4 heteroatoms. The van der Waals surface area contributed by atoms with Crippen LogP contribution in [0.4, 0.5) is 0 Å². The van der Waals surface area contributed by atoms with E-state index >= 15 is 0 Å². The second-order valence-corrected chi connectivity index (χ2v) is 5.69. The van der Waals surface area contributed by atoms with Gasteiger partial charge in [-0.2, -0.15) is 0 Å². The van der Waals surface area contributed by atoms with Crippen LogP contribution in [0, 0.1) is 11.8 Å². The summed E-state index contributed by atoms with van der Waals surface area (Å²) in [6.45, 7) is 4.60. The lowest BCUT2D eigenvalue weighted by atomic mass is 9.80. The highest BCUT2D eigenvalue weighted by Crippen LogP contribution is 2.31. The van der Waals surface area contributed by atoms with Gasteiger partial charge in [0, 0.05) is 17.8 Å². The molecule has 3 unspecified atom stereocenters.